The van der Waals surface area contributed by atoms with Crippen molar-refractivity contribution < 1.29 is 0 Å². The molecule has 3 aromatic heterocycles. The third-order valence-corrected chi connectivity index (χ3v) is 5.20. The molecule has 3 N–H and O–H groups in total. The second-order valence-corrected chi connectivity index (χ2v) is 7.33. The van der Waals surface area contributed by atoms with Crippen LogP contribution in [0, 0.1) is 12.8 Å². The molecule has 1 fully saturated rings. The predicted molar refractivity (Wildman–Crippen MR) is 112 cm³/mol. The molecule has 4 aromatic rings. The normalized spacial score (nSPS) is 14.2. The number of imidazole rings is 1. The average Bonchev–Trinajstić information content (AvgIpc) is 3.16. The molecule has 6 heteroatoms. The van der Waals surface area contributed by atoms with E-state index in [2.05, 4.69) is 48.8 Å². The highest BCUT2D eigenvalue weighted by Gasteiger charge is 2.16. The number of hydrogen-bond donors (Lipinski definition) is 3. The van der Waals surface area contributed by atoms with Crippen molar-refractivity contribution in [1.82, 2.24) is 25.3 Å². The molecule has 0 aliphatic carbocycles. The minimum Gasteiger partial charge on any atom is -0.383 e. The van der Waals surface area contributed by atoms with Gasteiger partial charge < -0.3 is 15.6 Å². The van der Waals surface area contributed by atoms with Crippen LogP contribution in [0.4, 0.5) is 5.69 Å². The molecule has 1 aromatic carbocycles. The van der Waals surface area contributed by atoms with Gasteiger partial charge in [-0.3, -0.25) is 9.97 Å². The summed E-state index contributed by atoms with van der Waals surface area (Å²) < 4.78 is 0. The van der Waals surface area contributed by atoms with Gasteiger partial charge in [0.1, 0.15) is 0 Å². The summed E-state index contributed by atoms with van der Waals surface area (Å²) in [6.45, 7) is 5.15. The molecule has 0 unspecified atom stereocenters. The summed E-state index contributed by atoms with van der Waals surface area (Å²) in [5.41, 5.74) is 6.80. The van der Waals surface area contributed by atoms with Gasteiger partial charge in [-0.25, -0.2) is 4.98 Å². The zero-order valence-electron chi connectivity index (χ0n) is 15.7. The second-order valence-electron chi connectivity index (χ2n) is 7.33. The molecule has 0 amide bonds. The maximum Gasteiger partial charge on any atom is 0.0977 e. The number of benzene rings is 1. The number of anilines is 1. The van der Waals surface area contributed by atoms with E-state index in [0.717, 1.165) is 64.6 Å². The number of hydrogen-bond acceptors (Lipinski definition) is 5. The van der Waals surface area contributed by atoms with Gasteiger partial charge in [0, 0.05) is 42.2 Å². The number of fused-ring (bicyclic) bond motifs is 1. The molecule has 1 aliphatic rings. The summed E-state index contributed by atoms with van der Waals surface area (Å²) in [5.74, 6) is 0.704. The summed E-state index contributed by atoms with van der Waals surface area (Å²) >= 11 is 0. The lowest BCUT2D eigenvalue weighted by molar-refractivity contribution is 0.365. The maximum absolute atomic E-state index is 4.63. The van der Waals surface area contributed by atoms with Gasteiger partial charge in [0.15, 0.2) is 0 Å². The van der Waals surface area contributed by atoms with E-state index in [1.54, 1.807) is 6.33 Å². The van der Waals surface area contributed by atoms with Crippen molar-refractivity contribution in [1.29, 1.82) is 0 Å². The number of aromatic amines is 1. The van der Waals surface area contributed by atoms with Gasteiger partial charge in [-0.15, -0.1) is 0 Å². The Kier molecular flexibility index (Phi) is 4.25. The Balaban J connectivity index is 1.48. The molecule has 0 saturated carbocycles. The molecule has 5 rings (SSSR count). The lowest BCUT2D eigenvalue weighted by Gasteiger charge is -2.27. The molecule has 28 heavy (non-hydrogen) atoms. The first-order valence-corrected chi connectivity index (χ1v) is 9.58. The van der Waals surface area contributed by atoms with Crippen LogP contribution in [0.3, 0.4) is 0 Å². The minimum absolute atomic E-state index is 0.704. The highest BCUT2D eigenvalue weighted by atomic mass is 15.0. The van der Waals surface area contributed by atoms with Crippen LogP contribution in [-0.2, 0) is 0 Å². The van der Waals surface area contributed by atoms with Crippen molar-refractivity contribution in [2.24, 2.45) is 5.92 Å². The van der Waals surface area contributed by atoms with E-state index in [1.807, 2.05) is 37.4 Å². The van der Waals surface area contributed by atoms with Crippen molar-refractivity contribution >= 4 is 16.6 Å². The van der Waals surface area contributed by atoms with E-state index in [1.165, 1.54) is 0 Å². The molecule has 140 valence electrons. The first-order chi connectivity index (χ1) is 13.8. The highest BCUT2D eigenvalue weighted by molar-refractivity contribution is 5.88. The predicted octanol–water partition coefficient (Wildman–Crippen LogP) is 3.63. The van der Waals surface area contributed by atoms with Gasteiger partial charge in [0.05, 0.1) is 40.8 Å². The second kappa shape index (κ2) is 7.05. The fraction of sp³-hybridized carbons (Fsp3) is 0.227. The van der Waals surface area contributed by atoms with Gasteiger partial charge in [-0.05, 0) is 37.3 Å². The van der Waals surface area contributed by atoms with E-state index in [0.29, 0.717) is 5.92 Å². The summed E-state index contributed by atoms with van der Waals surface area (Å²) in [6.07, 6.45) is 3.63. The number of aryl methyl sites for hydroxylation is 1. The Labute approximate surface area is 163 Å². The van der Waals surface area contributed by atoms with Gasteiger partial charge >= 0.3 is 0 Å². The Bertz CT molecular complexity index is 1130. The SMILES string of the molecule is Cc1cccc(-c2[nH]cnc2-c2ccc3ncc(NCC4CNC4)cc3c2)n1. The van der Waals surface area contributed by atoms with Crippen LogP contribution >= 0.6 is 0 Å². The van der Waals surface area contributed by atoms with Gasteiger partial charge in [0.25, 0.3) is 0 Å². The first kappa shape index (κ1) is 16.9. The van der Waals surface area contributed by atoms with E-state index < -0.39 is 0 Å². The zero-order chi connectivity index (χ0) is 18.9. The molecule has 1 aliphatic heterocycles. The molecule has 0 bridgehead atoms. The third kappa shape index (κ3) is 3.23. The number of rotatable bonds is 5. The van der Waals surface area contributed by atoms with Crippen molar-refractivity contribution in [3.8, 4) is 22.6 Å². The van der Waals surface area contributed by atoms with Gasteiger partial charge in [-0.1, -0.05) is 12.1 Å². The van der Waals surface area contributed by atoms with Crippen LogP contribution in [-0.4, -0.2) is 39.6 Å². The quantitative estimate of drug-likeness (QED) is 0.500. The number of nitrogens with zero attached hydrogens (tertiary/aromatic N) is 3. The minimum atomic E-state index is 0.704. The fourth-order valence-electron chi connectivity index (χ4n) is 3.52. The lowest BCUT2D eigenvalue weighted by Crippen LogP contribution is -2.45. The van der Waals surface area contributed by atoms with E-state index in [-0.39, 0.29) is 0 Å². The molecule has 6 nitrogen and oxygen atoms in total. The van der Waals surface area contributed by atoms with Gasteiger partial charge in [-0.2, -0.15) is 0 Å². The number of nitrogens with one attached hydrogen (secondary N) is 3. The first-order valence-electron chi connectivity index (χ1n) is 9.58. The number of aromatic nitrogens is 4. The molecule has 0 spiro atoms. The Morgan fingerprint density at radius 3 is 2.86 bits per heavy atom. The Morgan fingerprint density at radius 2 is 2.04 bits per heavy atom. The Morgan fingerprint density at radius 1 is 1.11 bits per heavy atom. The number of pyridine rings is 2. The lowest BCUT2D eigenvalue weighted by atomic mass is 10.0. The highest BCUT2D eigenvalue weighted by Crippen LogP contribution is 2.30. The average molecular weight is 370 g/mol. The van der Waals surface area contributed by atoms with E-state index in [4.69, 9.17) is 0 Å². The van der Waals surface area contributed by atoms with Crippen molar-refractivity contribution in [2.45, 2.75) is 6.92 Å². The smallest absolute Gasteiger partial charge is 0.0977 e. The summed E-state index contributed by atoms with van der Waals surface area (Å²) in [7, 11) is 0. The van der Waals surface area contributed by atoms with Crippen molar-refractivity contribution in [3.63, 3.8) is 0 Å². The molecular formula is C22H22N6. The topological polar surface area (TPSA) is 78.5 Å². The molecule has 1 saturated heterocycles. The van der Waals surface area contributed by atoms with E-state index >= 15 is 0 Å². The summed E-state index contributed by atoms with van der Waals surface area (Å²) in [6, 6.07) is 14.4. The molecule has 0 radical (unpaired) electrons. The number of H-pyrrole nitrogens is 1. The maximum atomic E-state index is 4.63. The van der Waals surface area contributed by atoms with Crippen molar-refractivity contribution in [2.75, 3.05) is 25.0 Å². The fourth-order valence-corrected chi connectivity index (χ4v) is 3.52. The van der Waals surface area contributed by atoms with Crippen LogP contribution in [0.15, 0.2) is 55.0 Å². The summed E-state index contributed by atoms with van der Waals surface area (Å²) in [5, 5.41) is 7.90. The monoisotopic (exact) mass is 370 g/mol. The molecular weight excluding hydrogens is 348 g/mol. The Hall–Kier alpha value is -3.25. The molecule has 4 heterocycles. The van der Waals surface area contributed by atoms with Crippen LogP contribution in [0.1, 0.15) is 5.69 Å². The van der Waals surface area contributed by atoms with Crippen LogP contribution < -0.4 is 10.6 Å². The summed E-state index contributed by atoms with van der Waals surface area (Å²) in [4.78, 5) is 17.0. The van der Waals surface area contributed by atoms with Crippen LogP contribution in [0.2, 0.25) is 0 Å². The van der Waals surface area contributed by atoms with Crippen LogP contribution in [0.25, 0.3) is 33.5 Å². The largest absolute Gasteiger partial charge is 0.383 e. The van der Waals surface area contributed by atoms with Crippen molar-refractivity contribution in [3.05, 3.63) is 60.7 Å². The van der Waals surface area contributed by atoms with E-state index in [9.17, 15) is 0 Å². The zero-order valence-corrected chi connectivity index (χ0v) is 15.7. The van der Waals surface area contributed by atoms with Crippen LogP contribution in [0.5, 0.6) is 0 Å². The third-order valence-electron chi connectivity index (χ3n) is 5.20. The molecule has 0 atom stereocenters. The standard InChI is InChI=1S/C22H22N6/c1-14-3-2-4-20(28-14)22-21(26-13-27-22)16-5-6-19-17(7-16)8-18(12-25-19)24-11-15-9-23-10-15/h2-8,12-13,15,23-24H,9-11H2,1H3,(H,26,27). The van der Waals surface area contributed by atoms with Gasteiger partial charge in [0.2, 0.25) is 0 Å².